The van der Waals surface area contributed by atoms with Crippen LogP contribution in [0.2, 0.25) is 0 Å². The van der Waals surface area contributed by atoms with Crippen molar-refractivity contribution in [1.29, 1.82) is 0 Å². The molecular weight excluding hydrogens is 767 g/mol. The molecule has 13 rings (SSSR count). The first-order valence-electron chi connectivity index (χ1n) is 21.5. The lowest BCUT2D eigenvalue weighted by atomic mass is 9.98. The van der Waals surface area contributed by atoms with Crippen LogP contribution in [0.1, 0.15) is 0 Å². The van der Waals surface area contributed by atoms with Crippen LogP contribution in [0.15, 0.2) is 237 Å². The highest BCUT2D eigenvalue weighted by Crippen LogP contribution is 2.59. The Morgan fingerprint density at radius 1 is 0.190 bits per heavy atom. The van der Waals surface area contributed by atoms with Crippen LogP contribution in [0.4, 0.5) is 68.2 Å². The van der Waals surface area contributed by atoms with Crippen LogP contribution in [-0.2, 0) is 0 Å². The first kappa shape index (κ1) is 35.2. The molecule has 2 aliphatic heterocycles. The van der Waals surface area contributed by atoms with Crippen LogP contribution in [-0.4, -0.2) is 4.57 Å². The molecule has 0 atom stereocenters. The van der Waals surface area contributed by atoms with Crippen LogP contribution in [0.25, 0.3) is 38.3 Å². The fourth-order valence-corrected chi connectivity index (χ4v) is 10.1. The largest absolute Gasteiger partial charge is 0.309 e. The molecular formula is C58H39N5. The highest BCUT2D eigenvalue weighted by Gasteiger charge is 2.34. The SMILES string of the molecule is c1ccc(N2c3ccccc3N(c3cccc4c(N5c6ccccc6N(c6ccccc6)c6cc7c8ccccc8n(-c8ccccc8)c7cc65)cccc34)c3ccccc32)cc1. The molecule has 3 heterocycles. The molecule has 0 N–H and O–H groups in total. The number of benzene rings is 10. The zero-order chi connectivity index (χ0) is 41.4. The highest BCUT2D eigenvalue weighted by atomic mass is 15.3. The number of fused-ring (bicyclic) bond motifs is 8. The van der Waals surface area contributed by atoms with Gasteiger partial charge in [-0.15, -0.1) is 0 Å². The molecule has 0 saturated carbocycles. The predicted molar refractivity (Wildman–Crippen MR) is 264 cm³/mol. The number of nitrogens with zero attached hydrogens (tertiary/aromatic N) is 5. The normalized spacial score (nSPS) is 13.0. The number of anilines is 12. The van der Waals surface area contributed by atoms with Gasteiger partial charge in [0.25, 0.3) is 0 Å². The molecule has 0 bridgehead atoms. The van der Waals surface area contributed by atoms with Gasteiger partial charge in [0.15, 0.2) is 0 Å². The molecule has 5 nitrogen and oxygen atoms in total. The third kappa shape index (κ3) is 5.30. The Morgan fingerprint density at radius 2 is 0.540 bits per heavy atom. The van der Waals surface area contributed by atoms with Gasteiger partial charge >= 0.3 is 0 Å². The Bertz CT molecular complexity index is 3500. The van der Waals surface area contributed by atoms with Gasteiger partial charge in [0.2, 0.25) is 0 Å². The summed E-state index contributed by atoms with van der Waals surface area (Å²) in [6, 6.07) is 85.8. The minimum absolute atomic E-state index is 1.11. The number of hydrogen-bond donors (Lipinski definition) is 0. The minimum Gasteiger partial charge on any atom is -0.309 e. The summed E-state index contributed by atoms with van der Waals surface area (Å²) in [6.07, 6.45) is 0. The van der Waals surface area contributed by atoms with E-state index in [1.165, 1.54) is 16.3 Å². The van der Waals surface area contributed by atoms with Crippen molar-refractivity contribution in [3.05, 3.63) is 237 Å². The van der Waals surface area contributed by atoms with Crippen LogP contribution in [0, 0.1) is 0 Å². The summed E-state index contributed by atoms with van der Waals surface area (Å²) in [7, 11) is 0. The predicted octanol–water partition coefficient (Wildman–Crippen LogP) is 16.4. The molecule has 296 valence electrons. The number of aromatic nitrogens is 1. The van der Waals surface area contributed by atoms with Crippen molar-refractivity contribution in [2.75, 3.05) is 19.6 Å². The zero-order valence-corrected chi connectivity index (χ0v) is 34.3. The van der Waals surface area contributed by atoms with E-state index < -0.39 is 0 Å². The summed E-state index contributed by atoms with van der Waals surface area (Å²) in [4.78, 5) is 9.77. The summed E-state index contributed by atoms with van der Waals surface area (Å²) >= 11 is 0. The van der Waals surface area contributed by atoms with E-state index in [1.54, 1.807) is 0 Å². The number of hydrogen-bond acceptors (Lipinski definition) is 4. The molecule has 0 fully saturated rings. The number of rotatable bonds is 5. The van der Waals surface area contributed by atoms with Crippen molar-refractivity contribution in [2.24, 2.45) is 0 Å². The van der Waals surface area contributed by atoms with Crippen LogP contribution < -0.4 is 19.6 Å². The molecule has 1 aromatic heterocycles. The third-order valence-corrected chi connectivity index (χ3v) is 12.7. The van der Waals surface area contributed by atoms with Crippen molar-refractivity contribution >= 4 is 101 Å². The first-order chi connectivity index (χ1) is 31.3. The summed E-state index contributed by atoms with van der Waals surface area (Å²) in [5, 5.41) is 4.76. The lowest BCUT2D eigenvalue weighted by Crippen LogP contribution is -2.25. The maximum Gasteiger partial charge on any atom is 0.0724 e. The fourth-order valence-electron chi connectivity index (χ4n) is 10.1. The number of para-hydroxylation sites is 10. The van der Waals surface area contributed by atoms with Crippen molar-refractivity contribution in [3.63, 3.8) is 0 Å². The van der Waals surface area contributed by atoms with E-state index >= 15 is 0 Å². The Labute approximate surface area is 365 Å². The molecule has 0 radical (unpaired) electrons. The van der Waals surface area contributed by atoms with E-state index in [0.29, 0.717) is 0 Å². The van der Waals surface area contributed by atoms with Crippen molar-refractivity contribution in [2.45, 2.75) is 0 Å². The van der Waals surface area contributed by atoms with Gasteiger partial charge in [-0.25, -0.2) is 0 Å². The van der Waals surface area contributed by atoms with Crippen LogP contribution >= 0.6 is 0 Å². The molecule has 5 heteroatoms. The summed E-state index contributed by atoms with van der Waals surface area (Å²) in [5.74, 6) is 0. The van der Waals surface area contributed by atoms with Crippen molar-refractivity contribution in [3.8, 4) is 5.69 Å². The first-order valence-corrected chi connectivity index (χ1v) is 21.5. The van der Waals surface area contributed by atoms with Crippen molar-refractivity contribution in [1.82, 2.24) is 4.57 Å². The van der Waals surface area contributed by atoms with E-state index in [-0.39, 0.29) is 0 Å². The molecule has 0 saturated heterocycles. The molecule has 0 unspecified atom stereocenters. The molecule has 10 aromatic carbocycles. The topological polar surface area (TPSA) is 17.9 Å². The third-order valence-electron chi connectivity index (χ3n) is 12.7. The highest BCUT2D eigenvalue weighted by molar-refractivity contribution is 6.17. The second-order valence-electron chi connectivity index (χ2n) is 16.2. The van der Waals surface area contributed by atoms with E-state index in [1.807, 2.05) is 0 Å². The maximum atomic E-state index is 2.50. The summed E-state index contributed by atoms with van der Waals surface area (Å²) in [5.41, 5.74) is 16.9. The minimum atomic E-state index is 1.11. The molecule has 0 aliphatic carbocycles. The molecule has 0 spiro atoms. The molecule has 0 amide bonds. The Kier molecular flexibility index (Phi) is 7.84. The van der Waals surface area contributed by atoms with Gasteiger partial charge in [-0.1, -0.05) is 133 Å². The summed E-state index contributed by atoms with van der Waals surface area (Å²) in [6.45, 7) is 0. The smallest absolute Gasteiger partial charge is 0.0724 e. The van der Waals surface area contributed by atoms with Crippen LogP contribution in [0.3, 0.4) is 0 Å². The van der Waals surface area contributed by atoms with Crippen LogP contribution in [0.5, 0.6) is 0 Å². The van der Waals surface area contributed by atoms with E-state index in [9.17, 15) is 0 Å². The van der Waals surface area contributed by atoms with Crippen molar-refractivity contribution < 1.29 is 0 Å². The molecule has 11 aromatic rings. The average Bonchev–Trinajstić information content (AvgIpc) is 3.68. The standard InChI is InChI=1S/C58H39N5/c1-4-20-40(21-5-1)59-47-29-11-10-26-45(47)46-38-57-58(39-56(46)59)63(55-35-17-14-32-52(55)61(57)42-24-8-3-9-25-42)49-37-19-27-43-44(49)28-18-36-48(43)62-53-33-15-12-30-50(53)60(41-22-6-2-7-23-41)51-31-13-16-34-54(51)62/h1-39H. The van der Waals surface area contributed by atoms with Gasteiger partial charge in [0, 0.05) is 38.6 Å². The lowest BCUT2D eigenvalue weighted by Gasteiger charge is -2.41. The fraction of sp³-hybridized carbons (Fsp3) is 0. The van der Waals surface area contributed by atoms with E-state index in [0.717, 1.165) is 90.2 Å². The Morgan fingerprint density at radius 3 is 1.05 bits per heavy atom. The monoisotopic (exact) mass is 805 g/mol. The van der Waals surface area contributed by atoms with Gasteiger partial charge in [-0.3, -0.25) is 0 Å². The summed E-state index contributed by atoms with van der Waals surface area (Å²) < 4.78 is 2.42. The molecule has 2 aliphatic rings. The average molecular weight is 806 g/mol. The van der Waals surface area contributed by atoms with Gasteiger partial charge in [-0.2, -0.15) is 0 Å². The van der Waals surface area contributed by atoms with Gasteiger partial charge in [0.1, 0.15) is 0 Å². The van der Waals surface area contributed by atoms with Gasteiger partial charge in [0.05, 0.1) is 67.9 Å². The van der Waals surface area contributed by atoms with Gasteiger partial charge < -0.3 is 24.2 Å². The lowest BCUT2D eigenvalue weighted by molar-refractivity contribution is 1.16. The zero-order valence-electron chi connectivity index (χ0n) is 34.3. The second-order valence-corrected chi connectivity index (χ2v) is 16.2. The maximum absolute atomic E-state index is 2.50. The Balaban J connectivity index is 1.08. The second kappa shape index (κ2) is 14.0. The van der Waals surface area contributed by atoms with Gasteiger partial charge in [-0.05, 0) is 103 Å². The quantitative estimate of drug-likeness (QED) is 0.172. The van der Waals surface area contributed by atoms with E-state index in [4.69, 9.17) is 0 Å². The van der Waals surface area contributed by atoms with E-state index in [2.05, 4.69) is 261 Å². The Hall–Kier alpha value is -8.54. The molecule has 63 heavy (non-hydrogen) atoms.